The molecule has 1 aromatic rings. The Morgan fingerprint density at radius 3 is 2.59 bits per heavy atom. The van der Waals surface area contributed by atoms with Crippen molar-refractivity contribution in [3.05, 3.63) is 51.0 Å². The van der Waals surface area contributed by atoms with Crippen LogP contribution >= 0.6 is 22.6 Å². The van der Waals surface area contributed by atoms with Gasteiger partial charge in [0.2, 0.25) is 0 Å². The smallest absolute Gasteiger partial charge is 0.449 e. The molecule has 32 heavy (non-hydrogen) atoms. The molecule has 0 saturated carbocycles. The number of nitrogens with zero attached hydrogens (tertiary/aromatic N) is 1. The van der Waals surface area contributed by atoms with Crippen molar-refractivity contribution in [2.75, 3.05) is 32.1 Å². The van der Waals surface area contributed by atoms with Gasteiger partial charge in [-0.05, 0) is 40.8 Å². The summed E-state index contributed by atoms with van der Waals surface area (Å²) in [6, 6.07) is 4.16. The predicted molar refractivity (Wildman–Crippen MR) is 115 cm³/mol. The fraction of sp³-hybridized carbons (Fsp3) is 0.400. The summed E-state index contributed by atoms with van der Waals surface area (Å²) in [7, 11) is 1.47. The van der Waals surface area contributed by atoms with Gasteiger partial charge >= 0.3 is 12.1 Å². The largest absolute Gasteiger partial charge is 0.490 e. The number of benzene rings is 1. The molecule has 1 heterocycles. The van der Waals surface area contributed by atoms with Gasteiger partial charge in [0.1, 0.15) is 17.5 Å². The van der Waals surface area contributed by atoms with Gasteiger partial charge in [0.05, 0.1) is 30.0 Å². The molecule has 1 amide bonds. The van der Waals surface area contributed by atoms with Crippen LogP contribution in [0, 0.1) is 9.39 Å². The van der Waals surface area contributed by atoms with Crippen molar-refractivity contribution in [2.24, 2.45) is 5.73 Å². The highest BCUT2D eigenvalue weighted by atomic mass is 127. The SMILES string of the molecule is COC1(CN)CN(C(=O)C2=C(Nc3ccc(I)cc3F)C(OC(=O)C(F)(F)F)CC=C2)C1. The van der Waals surface area contributed by atoms with Crippen molar-refractivity contribution in [2.45, 2.75) is 24.3 Å². The molecule has 0 radical (unpaired) electrons. The number of carbonyl (C=O) groups is 2. The molecule has 1 aliphatic heterocycles. The van der Waals surface area contributed by atoms with Crippen LogP contribution in [-0.2, 0) is 19.1 Å². The lowest BCUT2D eigenvalue weighted by molar-refractivity contribution is -0.203. The number of esters is 1. The molecule has 12 heteroatoms. The Kier molecular flexibility index (Phi) is 7.15. The maximum absolute atomic E-state index is 14.4. The number of halogens is 5. The van der Waals surface area contributed by atoms with Crippen LogP contribution in [0.5, 0.6) is 0 Å². The van der Waals surface area contributed by atoms with E-state index in [0.717, 1.165) is 0 Å². The second kappa shape index (κ2) is 9.35. The third-order valence-corrected chi connectivity index (χ3v) is 5.88. The van der Waals surface area contributed by atoms with E-state index in [1.807, 2.05) is 22.6 Å². The molecule has 1 saturated heterocycles. The van der Waals surface area contributed by atoms with E-state index >= 15 is 0 Å². The van der Waals surface area contributed by atoms with E-state index in [-0.39, 0.29) is 43.0 Å². The lowest BCUT2D eigenvalue weighted by Crippen LogP contribution is -2.67. The summed E-state index contributed by atoms with van der Waals surface area (Å²) in [5.41, 5.74) is 4.72. The van der Waals surface area contributed by atoms with Crippen LogP contribution in [0.4, 0.5) is 23.2 Å². The first-order valence-corrected chi connectivity index (χ1v) is 10.5. The second-order valence-electron chi connectivity index (χ2n) is 7.36. The van der Waals surface area contributed by atoms with Gasteiger partial charge in [-0.25, -0.2) is 9.18 Å². The van der Waals surface area contributed by atoms with Crippen LogP contribution < -0.4 is 11.1 Å². The van der Waals surface area contributed by atoms with E-state index in [4.69, 9.17) is 10.5 Å². The molecule has 1 aromatic carbocycles. The number of nitrogens with one attached hydrogen (secondary N) is 1. The first-order chi connectivity index (χ1) is 15.0. The predicted octanol–water partition coefficient (Wildman–Crippen LogP) is 2.72. The Morgan fingerprint density at radius 2 is 2.03 bits per heavy atom. The maximum Gasteiger partial charge on any atom is 0.490 e. The van der Waals surface area contributed by atoms with Crippen molar-refractivity contribution < 1.29 is 36.6 Å². The van der Waals surface area contributed by atoms with Crippen LogP contribution in [0.3, 0.4) is 0 Å². The number of ether oxygens (including phenoxy) is 2. The minimum Gasteiger partial charge on any atom is -0.449 e. The standard InChI is InChI=1S/C20H20F4IN3O4/c1-31-19(8-26)9-28(10-19)17(29)12-3-2-4-15(32-18(30)20(22,23)24)16(12)27-14-6-5-11(25)7-13(14)21/h2-3,5-7,15,27H,4,8-10,26H2,1H3. The summed E-state index contributed by atoms with van der Waals surface area (Å²) >= 11 is 1.90. The molecular weight excluding hydrogens is 549 g/mol. The first-order valence-electron chi connectivity index (χ1n) is 9.45. The van der Waals surface area contributed by atoms with E-state index in [2.05, 4.69) is 10.1 Å². The quantitative estimate of drug-likeness (QED) is 0.311. The fourth-order valence-corrected chi connectivity index (χ4v) is 3.82. The number of hydrogen-bond donors (Lipinski definition) is 2. The summed E-state index contributed by atoms with van der Waals surface area (Å²) in [4.78, 5) is 25.9. The van der Waals surface area contributed by atoms with Crippen LogP contribution in [0.2, 0.25) is 0 Å². The van der Waals surface area contributed by atoms with E-state index in [1.165, 1.54) is 36.3 Å². The Balaban J connectivity index is 1.95. The Morgan fingerprint density at radius 1 is 1.34 bits per heavy atom. The normalized spacial score (nSPS) is 20.1. The van der Waals surface area contributed by atoms with Gasteiger partial charge in [0.25, 0.3) is 5.91 Å². The molecule has 2 aliphatic rings. The highest BCUT2D eigenvalue weighted by Gasteiger charge is 2.47. The molecule has 174 valence electrons. The van der Waals surface area contributed by atoms with Crippen molar-refractivity contribution in [1.82, 2.24) is 4.90 Å². The molecule has 1 atom stereocenters. The zero-order chi connectivity index (χ0) is 23.7. The van der Waals surface area contributed by atoms with Gasteiger partial charge in [-0.2, -0.15) is 13.2 Å². The summed E-state index contributed by atoms with van der Waals surface area (Å²) in [6.45, 7) is 0.523. The summed E-state index contributed by atoms with van der Waals surface area (Å²) < 4.78 is 63.3. The van der Waals surface area contributed by atoms with E-state index in [9.17, 15) is 27.2 Å². The molecule has 1 aliphatic carbocycles. The fourth-order valence-electron chi connectivity index (χ4n) is 3.37. The summed E-state index contributed by atoms with van der Waals surface area (Å²) in [6.07, 6.45) is -3.99. The number of anilines is 1. The maximum atomic E-state index is 14.4. The lowest BCUT2D eigenvalue weighted by Gasteiger charge is -2.48. The number of nitrogens with two attached hydrogens (primary N) is 1. The third kappa shape index (κ3) is 5.07. The van der Waals surface area contributed by atoms with E-state index in [0.29, 0.717) is 3.57 Å². The lowest BCUT2D eigenvalue weighted by atomic mass is 9.91. The molecule has 0 spiro atoms. The number of alkyl halides is 3. The Hall–Kier alpha value is -2.19. The molecule has 3 N–H and O–H groups in total. The van der Waals surface area contributed by atoms with Crippen LogP contribution in [0.1, 0.15) is 6.42 Å². The van der Waals surface area contributed by atoms with Gasteiger partial charge in [-0.1, -0.05) is 12.2 Å². The van der Waals surface area contributed by atoms with Crippen LogP contribution in [0.25, 0.3) is 0 Å². The highest BCUT2D eigenvalue weighted by molar-refractivity contribution is 14.1. The Labute approximate surface area is 194 Å². The molecule has 1 fully saturated rings. The number of methoxy groups -OCH3 is 1. The minimum atomic E-state index is -5.22. The average molecular weight is 569 g/mol. The number of hydrogen-bond acceptors (Lipinski definition) is 6. The number of rotatable bonds is 6. The third-order valence-electron chi connectivity index (χ3n) is 5.21. The van der Waals surface area contributed by atoms with E-state index in [1.54, 1.807) is 6.07 Å². The van der Waals surface area contributed by atoms with E-state index < -0.39 is 35.6 Å². The van der Waals surface area contributed by atoms with Crippen molar-refractivity contribution in [3.8, 4) is 0 Å². The molecule has 0 bridgehead atoms. The van der Waals surface area contributed by atoms with Crippen LogP contribution in [-0.4, -0.2) is 61.4 Å². The molecule has 1 unspecified atom stereocenters. The number of likely N-dealkylation sites (tertiary alicyclic amines) is 1. The molecular formula is C20H20F4IN3O4. The van der Waals surface area contributed by atoms with Gasteiger partial charge in [0, 0.05) is 23.6 Å². The molecule has 0 aromatic heterocycles. The number of amides is 1. The molecule has 3 rings (SSSR count). The van der Waals surface area contributed by atoms with Gasteiger partial charge in [-0.3, -0.25) is 4.79 Å². The first kappa shape index (κ1) is 24.5. The highest BCUT2D eigenvalue weighted by Crippen LogP contribution is 2.32. The molecule has 7 nitrogen and oxygen atoms in total. The topological polar surface area (TPSA) is 93.9 Å². The minimum absolute atomic E-state index is 0.0455. The van der Waals surface area contributed by atoms with Crippen molar-refractivity contribution in [1.29, 1.82) is 0 Å². The second-order valence-corrected chi connectivity index (χ2v) is 8.60. The number of carbonyl (C=O) groups excluding carboxylic acids is 2. The summed E-state index contributed by atoms with van der Waals surface area (Å²) in [5, 5.41) is 2.67. The van der Waals surface area contributed by atoms with Gasteiger partial charge in [0.15, 0.2) is 0 Å². The van der Waals surface area contributed by atoms with Crippen molar-refractivity contribution >= 4 is 40.2 Å². The zero-order valence-electron chi connectivity index (χ0n) is 16.8. The monoisotopic (exact) mass is 569 g/mol. The van der Waals surface area contributed by atoms with Crippen LogP contribution in [0.15, 0.2) is 41.6 Å². The van der Waals surface area contributed by atoms with Crippen molar-refractivity contribution in [3.63, 3.8) is 0 Å². The van der Waals surface area contributed by atoms with Gasteiger partial charge in [-0.15, -0.1) is 0 Å². The zero-order valence-corrected chi connectivity index (χ0v) is 19.0. The average Bonchev–Trinajstić information content (AvgIpc) is 2.70. The summed E-state index contributed by atoms with van der Waals surface area (Å²) in [5.74, 6) is -3.63. The Bertz CT molecular complexity index is 968. The van der Waals surface area contributed by atoms with Gasteiger partial charge < -0.3 is 25.4 Å².